The van der Waals surface area contributed by atoms with E-state index in [0.29, 0.717) is 0 Å². The maximum atomic E-state index is 10.7. The molecule has 98 valence electrons. The van der Waals surface area contributed by atoms with Gasteiger partial charge >= 0.3 is 0 Å². The molecule has 0 saturated carbocycles. The number of rotatable bonds is 2. The lowest BCUT2D eigenvalue weighted by atomic mass is 9.80. The van der Waals surface area contributed by atoms with Crippen LogP contribution in [0, 0.1) is 6.92 Å². The zero-order valence-electron chi connectivity index (χ0n) is 11.1. The lowest BCUT2D eigenvalue weighted by molar-refractivity contribution is 0.133. The van der Waals surface area contributed by atoms with Crippen molar-refractivity contribution < 1.29 is 5.11 Å². The molecule has 2 heterocycles. The second kappa shape index (κ2) is 5.10. The Hall–Kier alpha value is -1.74. The number of aromatic nitrogens is 2. The summed E-state index contributed by atoms with van der Waals surface area (Å²) in [6.07, 6.45) is 8.01. The Morgan fingerprint density at radius 2 is 2.21 bits per heavy atom. The van der Waals surface area contributed by atoms with Gasteiger partial charge in [-0.1, -0.05) is 6.07 Å². The minimum atomic E-state index is -0.511. The first-order chi connectivity index (χ1) is 9.27. The van der Waals surface area contributed by atoms with Crippen molar-refractivity contribution in [2.24, 2.45) is 0 Å². The Morgan fingerprint density at radius 1 is 1.32 bits per heavy atom. The standard InChI is InChI=1S/C16H18N2O/c1-11-7-9-17-10-14(11)16(19)13-6-2-4-12-5-3-8-18-15(12)13/h3,5,7-10,13,16,19H,2,4,6H2,1H3. The van der Waals surface area contributed by atoms with E-state index in [1.165, 1.54) is 5.56 Å². The number of aliphatic hydroxyl groups is 1. The molecule has 2 aromatic rings. The van der Waals surface area contributed by atoms with Crippen LogP contribution in [0.3, 0.4) is 0 Å². The lowest BCUT2D eigenvalue weighted by Gasteiger charge is -2.29. The van der Waals surface area contributed by atoms with Crippen LogP contribution in [0.1, 0.15) is 47.2 Å². The molecule has 0 radical (unpaired) electrons. The molecule has 19 heavy (non-hydrogen) atoms. The minimum absolute atomic E-state index is 0.0906. The van der Waals surface area contributed by atoms with Crippen LogP contribution in [0.15, 0.2) is 36.8 Å². The topological polar surface area (TPSA) is 46.0 Å². The number of nitrogens with zero attached hydrogens (tertiary/aromatic N) is 2. The molecule has 0 aromatic carbocycles. The summed E-state index contributed by atoms with van der Waals surface area (Å²) in [5, 5.41) is 10.7. The third-order valence-corrected chi connectivity index (χ3v) is 4.02. The smallest absolute Gasteiger partial charge is 0.0891 e. The van der Waals surface area contributed by atoms with Gasteiger partial charge in [-0.05, 0) is 49.4 Å². The zero-order chi connectivity index (χ0) is 13.2. The third-order valence-electron chi connectivity index (χ3n) is 4.02. The molecule has 0 amide bonds. The number of hydrogen-bond acceptors (Lipinski definition) is 3. The average Bonchev–Trinajstić information content (AvgIpc) is 2.46. The van der Waals surface area contributed by atoms with Gasteiger partial charge in [-0.15, -0.1) is 0 Å². The van der Waals surface area contributed by atoms with Crippen molar-refractivity contribution in [3.63, 3.8) is 0 Å². The van der Waals surface area contributed by atoms with Gasteiger partial charge in [-0.2, -0.15) is 0 Å². The molecule has 0 aliphatic heterocycles. The van der Waals surface area contributed by atoms with Gasteiger partial charge in [-0.3, -0.25) is 9.97 Å². The molecule has 2 atom stereocenters. The van der Waals surface area contributed by atoms with Gasteiger partial charge in [0.2, 0.25) is 0 Å². The van der Waals surface area contributed by atoms with E-state index in [4.69, 9.17) is 0 Å². The summed E-state index contributed by atoms with van der Waals surface area (Å²) >= 11 is 0. The summed E-state index contributed by atoms with van der Waals surface area (Å²) in [5.74, 6) is 0.0906. The number of pyridine rings is 2. The maximum absolute atomic E-state index is 10.7. The molecular weight excluding hydrogens is 236 g/mol. The first-order valence-electron chi connectivity index (χ1n) is 6.79. The fourth-order valence-electron chi connectivity index (χ4n) is 2.96. The molecule has 0 saturated heterocycles. The van der Waals surface area contributed by atoms with Crippen LogP contribution in [-0.4, -0.2) is 15.1 Å². The molecule has 3 nitrogen and oxygen atoms in total. The van der Waals surface area contributed by atoms with E-state index in [1.54, 1.807) is 12.4 Å². The van der Waals surface area contributed by atoms with Crippen molar-refractivity contribution in [3.05, 3.63) is 59.2 Å². The fraction of sp³-hybridized carbons (Fsp3) is 0.375. The van der Waals surface area contributed by atoms with E-state index in [-0.39, 0.29) is 5.92 Å². The van der Waals surface area contributed by atoms with Crippen LogP contribution in [0.5, 0.6) is 0 Å². The highest BCUT2D eigenvalue weighted by Crippen LogP contribution is 2.39. The minimum Gasteiger partial charge on any atom is -0.388 e. The van der Waals surface area contributed by atoms with Crippen LogP contribution >= 0.6 is 0 Å². The first kappa shape index (κ1) is 12.3. The first-order valence-corrected chi connectivity index (χ1v) is 6.79. The van der Waals surface area contributed by atoms with Crippen molar-refractivity contribution in [3.8, 4) is 0 Å². The molecule has 1 aliphatic rings. The van der Waals surface area contributed by atoms with Gasteiger partial charge in [0.15, 0.2) is 0 Å². The van der Waals surface area contributed by atoms with Crippen molar-refractivity contribution in [2.45, 2.75) is 38.2 Å². The highest BCUT2D eigenvalue weighted by molar-refractivity contribution is 5.32. The maximum Gasteiger partial charge on any atom is 0.0891 e. The molecule has 0 spiro atoms. The lowest BCUT2D eigenvalue weighted by Crippen LogP contribution is -2.19. The number of hydrogen-bond donors (Lipinski definition) is 1. The highest BCUT2D eigenvalue weighted by atomic mass is 16.3. The highest BCUT2D eigenvalue weighted by Gasteiger charge is 2.29. The molecule has 2 unspecified atom stereocenters. The molecule has 2 aromatic heterocycles. The van der Waals surface area contributed by atoms with E-state index >= 15 is 0 Å². The predicted molar refractivity (Wildman–Crippen MR) is 73.8 cm³/mol. The fourth-order valence-corrected chi connectivity index (χ4v) is 2.96. The van der Waals surface area contributed by atoms with Gasteiger partial charge in [0, 0.05) is 35.8 Å². The van der Waals surface area contributed by atoms with Crippen molar-refractivity contribution in [1.29, 1.82) is 0 Å². The second-order valence-corrected chi connectivity index (χ2v) is 5.22. The molecule has 3 heteroatoms. The largest absolute Gasteiger partial charge is 0.388 e. The second-order valence-electron chi connectivity index (χ2n) is 5.22. The van der Waals surface area contributed by atoms with Crippen LogP contribution in [-0.2, 0) is 6.42 Å². The molecular formula is C16H18N2O. The monoisotopic (exact) mass is 254 g/mol. The van der Waals surface area contributed by atoms with Crippen molar-refractivity contribution in [2.75, 3.05) is 0 Å². The number of aryl methyl sites for hydroxylation is 2. The summed E-state index contributed by atoms with van der Waals surface area (Å²) in [6, 6.07) is 6.04. The Balaban J connectivity index is 1.98. The predicted octanol–water partition coefficient (Wildman–Crippen LogP) is 2.94. The SMILES string of the molecule is Cc1ccncc1C(O)C1CCCc2cccnc21. The molecule has 1 N–H and O–H groups in total. The molecule has 3 rings (SSSR count). The van der Waals surface area contributed by atoms with Crippen molar-refractivity contribution in [1.82, 2.24) is 9.97 Å². The summed E-state index contributed by atoms with van der Waals surface area (Å²) < 4.78 is 0. The van der Waals surface area contributed by atoms with Gasteiger partial charge in [0.05, 0.1) is 6.10 Å². The molecule has 0 bridgehead atoms. The zero-order valence-corrected chi connectivity index (χ0v) is 11.1. The van der Waals surface area contributed by atoms with E-state index in [1.807, 2.05) is 25.3 Å². The Morgan fingerprint density at radius 3 is 3.05 bits per heavy atom. The Labute approximate surface area is 113 Å². The molecule has 0 fully saturated rings. The molecule has 1 aliphatic carbocycles. The van der Waals surface area contributed by atoms with Gasteiger partial charge < -0.3 is 5.11 Å². The van der Waals surface area contributed by atoms with E-state index < -0.39 is 6.10 Å². The van der Waals surface area contributed by atoms with Gasteiger partial charge in [-0.25, -0.2) is 0 Å². The van der Waals surface area contributed by atoms with Gasteiger partial charge in [0.25, 0.3) is 0 Å². The number of fused-ring (bicyclic) bond motifs is 1. The normalized spacial score (nSPS) is 19.8. The van der Waals surface area contributed by atoms with E-state index in [2.05, 4.69) is 16.0 Å². The van der Waals surface area contributed by atoms with E-state index in [9.17, 15) is 5.11 Å². The van der Waals surface area contributed by atoms with Crippen molar-refractivity contribution >= 4 is 0 Å². The summed E-state index contributed by atoms with van der Waals surface area (Å²) in [7, 11) is 0. The van der Waals surface area contributed by atoms with E-state index in [0.717, 1.165) is 36.1 Å². The number of aliphatic hydroxyl groups excluding tert-OH is 1. The third kappa shape index (κ3) is 2.26. The van der Waals surface area contributed by atoms with Gasteiger partial charge in [0.1, 0.15) is 0 Å². The summed E-state index contributed by atoms with van der Waals surface area (Å²) in [4.78, 5) is 8.63. The van der Waals surface area contributed by atoms with Crippen LogP contribution in [0.2, 0.25) is 0 Å². The quantitative estimate of drug-likeness (QED) is 0.896. The van der Waals surface area contributed by atoms with Crippen LogP contribution in [0.4, 0.5) is 0 Å². The average molecular weight is 254 g/mol. The summed E-state index contributed by atoms with van der Waals surface area (Å²) in [6.45, 7) is 2.02. The van der Waals surface area contributed by atoms with Crippen LogP contribution < -0.4 is 0 Å². The Bertz CT molecular complexity index is 582. The summed E-state index contributed by atoms with van der Waals surface area (Å²) in [5.41, 5.74) is 4.35. The Kier molecular flexibility index (Phi) is 3.30. The van der Waals surface area contributed by atoms with Crippen LogP contribution in [0.25, 0.3) is 0 Å².